The van der Waals surface area contributed by atoms with Crippen LogP contribution in [0.5, 0.6) is 0 Å². The van der Waals surface area contributed by atoms with E-state index in [0.29, 0.717) is 16.9 Å². The zero-order valence-electron chi connectivity index (χ0n) is 16.0. The summed E-state index contributed by atoms with van der Waals surface area (Å²) in [6, 6.07) is 13.8. The van der Waals surface area contributed by atoms with Crippen LogP contribution in [0.4, 0.5) is 5.69 Å². The highest BCUT2D eigenvalue weighted by Crippen LogP contribution is 2.27. The molecule has 0 N–H and O–H groups in total. The zero-order valence-corrected chi connectivity index (χ0v) is 16.8. The van der Waals surface area contributed by atoms with Gasteiger partial charge in [-0.3, -0.25) is 14.9 Å². The van der Waals surface area contributed by atoms with Gasteiger partial charge in [0.1, 0.15) is 0 Å². The van der Waals surface area contributed by atoms with Gasteiger partial charge >= 0.3 is 0 Å². The summed E-state index contributed by atoms with van der Waals surface area (Å²) >= 11 is 1.51. The van der Waals surface area contributed by atoms with Gasteiger partial charge in [0.15, 0.2) is 4.80 Å². The normalized spacial score (nSPS) is 11.6. The minimum atomic E-state index is -0.489. The molecule has 0 unspecified atom stereocenters. The lowest BCUT2D eigenvalue weighted by Crippen LogP contribution is -2.17. The van der Waals surface area contributed by atoms with Gasteiger partial charge in [0.05, 0.1) is 10.6 Å². The number of hydrogen-bond acceptors (Lipinski definition) is 4. The molecule has 0 aliphatic carbocycles. The first-order valence-corrected chi connectivity index (χ1v) is 9.89. The number of aryl methyl sites for hydroxylation is 2. The van der Waals surface area contributed by atoms with Crippen LogP contribution >= 0.6 is 11.3 Å². The molecule has 0 radical (unpaired) electrons. The summed E-state index contributed by atoms with van der Waals surface area (Å²) in [5.74, 6) is -0.406. The second-order valence-corrected chi connectivity index (χ2v) is 7.40. The van der Waals surface area contributed by atoms with E-state index in [-0.39, 0.29) is 5.69 Å². The van der Waals surface area contributed by atoms with Gasteiger partial charge in [-0.15, -0.1) is 11.3 Å². The molecule has 0 bridgehead atoms. The molecular formula is C21H21N3O3S. The number of thiazole rings is 1. The molecule has 3 aromatic rings. The van der Waals surface area contributed by atoms with Gasteiger partial charge in [-0.1, -0.05) is 36.8 Å². The van der Waals surface area contributed by atoms with Crippen LogP contribution in [0, 0.1) is 17.0 Å². The largest absolute Gasteiger partial charge is 0.316 e. The van der Waals surface area contributed by atoms with E-state index in [1.54, 1.807) is 0 Å². The van der Waals surface area contributed by atoms with Gasteiger partial charge in [-0.25, -0.2) is 0 Å². The van der Waals surface area contributed by atoms with Crippen LogP contribution in [0.2, 0.25) is 0 Å². The number of amides is 1. The second-order valence-electron chi connectivity index (χ2n) is 6.34. The minimum absolute atomic E-state index is 0.0498. The van der Waals surface area contributed by atoms with Crippen LogP contribution in [0.3, 0.4) is 0 Å². The number of nitro groups is 1. The number of carbonyl (C=O) groups excluding carboxylic acids is 1. The SMILES string of the molecule is CCc1sc(=NC(=O)c2ccc([N+](=O)[O-])cc2)n(CC)c1-c1ccc(C)cc1. The van der Waals surface area contributed by atoms with Crippen molar-refractivity contribution in [2.24, 2.45) is 4.99 Å². The van der Waals surface area contributed by atoms with Crippen molar-refractivity contribution in [1.29, 1.82) is 0 Å². The first kappa shape index (κ1) is 19.7. The summed E-state index contributed by atoms with van der Waals surface area (Å²) in [5.41, 5.74) is 3.66. The fourth-order valence-corrected chi connectivity index (χ4v) is 4.13. The quantitative estimate of drug-likeness (QED) is 0.462. The summed E-state index contributed by atoms with van der Waals surface area (Å²) in [4.78, 5) is 29.0. The maximum absolute atomic E-state index is 12.6. The standard InChI is InChI=1S/C21H21N3O3S/c1-4-18-19(15-8-6-14(3)7-9-15)23(5-2)21(28-18)22-20(25)16-10-12-17(13-11-16)24(26)27/h6-13H,4-5H2,1-3H3. The molecule has 2 aromatic carbocycles. The van der Waals surface area contributed by atoms with Crippen LogP contribution in [-0.2, 0) is 13.0 Å². The van der Waals surface area contributed by atoms with Crippen molar-refractivity contribution in [3.8, 4) is 11.3 Å². The second kappa shape index (κ2) is 8.31. The number of carbonyl (C=O) groups is 1. The van der Waals surface area contributed by atoms with E-state index >= 15 is 0 Å². The Morgan fingerprint density at radius 2 is 1.75 bits per heavy atom. The van der Waals surface area contributed by atoms with Crippen molar-refractivity contribution in [2.75, 3.05) is 0 Å². The molecule has 3 rings (SSSR count). The third-order valence-electron chi connectivity index (χ3n) is 4.46. The molecule has 0 fully saturated rings. The Hall–Kier alpha value is -3.06. The van der Waals surface area contributed by atoms with Crippen LogP contribution < -0.4 is 4.80 Å². The van der Waals surface area contributed by atoms with E-state index in [0.717, 1.165) is 17.7 Å². The van der Waals surface area contributed by atoms with Gasteiger partial charge in [0.2, 0.25) is 0 Å². The number of rotatable bonds is 5. The van der Waals surface area contributed by atoms with E-state index in [1.165, 1.54) is 46.0 Å². The zero-order chi connectivity index (χ0) is 20.3. The highest BCUT2D eigenvalue weighted by molar-refractivity contribution is 7.09. The van der Waals surface area contributed by atoms with E-state index in [4.69, 9.17) is 0 Å². The molecule has 7 heteroatoms. The summed E-state index contributed by atoms with van der Waals surface area (Å²) in [5, 5.41) is 10.8. The number of nitrogens with zero attached hydrogens (tertiary/aromatic N) is 3. The average Bonchev–Trinajstić information content (AvgIpc) is 3.05. The highest BCUT2D eigenvalue weighted by atomic mass is 32.1. The Morgan fingerprint density at radius 1 is 1.11 bits per heavy atom. The topological polar surface area (TPSA) is 77.5 Å². The van der Waals surface area contributed by atoms with E-state index in [1.807, 2.05) is 6.92 Å². The summed E-state index contributed by atoms with van der Waals surface area (Å²) in [7, 11) is 0. The Labute approximate surface area is 167 Å². The molecule has 1 amide bonds. The first-order chi connectivity index (χ1) is 13.4. The number of non-ortho nitro benzene ring substituents is 1. The molecule has 1 aromatic heterocycles. The minimum Gasteiger partial charge on any atom is -0.316 e. The third kappa shape index (κ3) is 3.94. The van der Waals surface area contributed by atoms with Crippen LogP contribution in [-0.4, -0.2) is 15.4 Å². The van der Waals surface area contributed by atoms with Gasteiger partial charge in [0.25, 0.3) is 11.6 Å². The lowest BCUT2D eigenvalue weighted by Gasteiger charge is -2.09. The van der Waals surface area contributed by atoms with Crippen molar-refractivity contribution in [3.05, 3.63) is 79.5 Å². The van der Waals surface area contributed by atoms with Crippen LogP contribution in [0.15, 0.2) is 53.5 Å². The Kier molecular flexibility index (Phi) is 5.84. The molecular weight excluding hydrogens is 374 g/mol. The fraction of sp³-hybridized carbons (Fsp3) is 0.238. The summed E-state index contributed by atoms with van der Waals surface area (Å²) in [6.07, 6.45) is 0.842. The molecule has 144 valence electrons. The number of nitro benzene ring substituents is 1. The third-order valence-corrected chi connectivity index (χ3v) is 5.69. The monoisotopic (exact) mass is 395 g/mol. The van der Waals surface area contributed by atoms with Crippen LogP contribution in [0.1, 0.15) is 34.6 Å². The molecule has 0 saturated heterocycles. The van der Waals surface area contributed by atoms with Gasteiger partial charge in [-0.05, 0) is 38.0 Å². The maximum Gasteiger partial charge on any atom is 0.279 e. The Balaban J connectivity index is 2.07. The molecule has 0 aliphatic rings. The van der Waals surface area contributed by atoms with Gasteiger partial charge < -0.3 is 4.57 Å². The van der Waals surface area contributed by atoms with E-state index in [2.05, 4.69) is 47.7 Å². The molecule has 0 spiro atoms. The summed E-state index contributed by atoms with van der Waals surface area (Å²) in [6.45, 7) is 6.85. The van der Waals surface area contributed by atoms with E-state index < -0.39 is 10.8 Å². The molecule has 28 heavy (non-hydrogen) atoms. The number of hydrogen-bond donors (Lipinski definition) is 0. The van der Waals surface area contributed by atoms with Crippen molar-refractivity contribution in [2.45, 2.75) is 33.7 Å². The average molecular weight is 395 g/mol. The summed E-state index contributed by atoms with van der Waals surface area (Å²) < 4.78 is 2.05. The molecule has 0 aliphatic heterocycles. The highest BCUT2D eigenvalue weighted by Gasteiger charge is 2.15. The predicted octanol–water partition coefficient (Wildman–Crippen LogP) is 4.76. The van der Waals surface area contributed by atoms with Crippen LogP contribution in [0.25, 0.3) is 11.3 Å². The molecule has 0 saturated carbocycles. The van der Waals surface area contributed by atoms with Crippen molar-refractivity contribution < 1.29 is 9.72 Å². The number of benzene rings is 2. The van der Waals surface area contributed by atoms with Crippen molar-refractivity contribution in [3.63, 3.8) is 0 Å². The first-order valence-electron chi connectivity index (χ1n) is 9.07. The van der Waals surface area contributed by atoms with Crippen molar-refractivity contribution in [1.82, 2.24) is 4.57 Å². The molecule has 1 heterocycles. The number of aromatic nitrogens is 1. The lowest BCUT2D eigenvalue weighted by molar-refractivity contribution is -0.384. The molecule has 0 atom stereocenters. The lowest BCUT2D eigenvalue weighted by atomic mass is 10.1. The molecule has 6 nitrogen and oxygen atoms in total. The predicted molar refractivity (Wildman–Crippen MR) is 111 cm³/mol. The fourth-order valence-electron chi connectivity index (χ4n) is 2.98. The Morgan fingerprint density at radius 3 is 2.29 bits per heavy atom. The van der Waals surface area contributed by atoms with E-state index in [9.17, 15) is 14.9 Å². The van der Waals surface area contributed by atoms with Gasteiger partial charge in [0, 0.05) is 29.1 Å². The van der Waals surface area contributed by atoms with Gasteiger partial charge in [-0.2, -0.15) is 4.99 Å². The van der Waals surface area contributed by atoms with Crippen molar-refractivity contribution >= 4 is 22.9 Å². The smallest absolute Gasteiger partial charge is 0.279 e. The maximum atomic E-state index is 12.6. The Bertz CT molecular complexity index is 1080.